The fourth-order valence-electron chi connectivity index (χ4n) is 1.96. The smallest absolute Gasteiger partial charge is 0.258 e. The van der Waals surface area contributed by atoms with Crippen LogP contribution in [-0.4, -0.2) is 29.8 Å². The molecule has 0 bridgehead atoms. The molecule has 1 atom stereocenters. The van der Waals surface area contributed by atoms with Crippen LogP contribution in [-0.2, 0) is 4.79 Å². The summed E-state index contributed by atoms with van der Waals surface area (Å²) < 4.78 is 5.05. The van der Waals surface area contributed by atoms with Crippen LogP contribution in [0.15, 0.2) is 24.3 Å². The number of benzene rings is 1. The van der Waals surface area contributed by atoms with E-state index >= 15 is 0 Å². The third-order valence-corrected chi connectivity index (χ3v) is 3.03. The number of nitrogens with zero attached hydrogens (tertiary/aromatic N) is 1. The van der Waals surface area contributed by atoms with Gasteiger partial charge in [-0.1, -0.05) is 0 Å². The molecule has 2 rings (SSSR count). The van der Waals surface area contributed by atoms with Crippen molar-refractivity contribution in [1.82, 2.24) is 0 Å². The van der Waals surface area contributed by atoms with E-state index in [-0.39, 0.29) is 50.0 Å². The van der Waals surface area contributed by atoms with Crippen molar-refractivity contribution < 1.29 is 58.7 Å². The maximum Gasteiger partial charge on any atom is 0.258 e. The van der Waals surface area contributed by atoms with Gasteiger partial charge in [0.05, 0.1) is 12.6 Å². The predicted octanol–water partition coefficient (Wildman–Crippen LogP) is 1.18. The number of amides is 1. The molecular weight excluding hydrogens is 433 g/mol. The second-order valence-corrected chi connectivity index (χ2v) is 4.43. The topological polar surface area (TPSA) is 49.8 Å². The number of β-lactam (4-membered cyclic amide) rings is 1. The van der Waals surface area contributed by atoms with Crippen LogP contribution in [0, 0.1) is 44.1 Å². The molecule has 0 saturated carbocycles. The van der Waals surface area contributed by atoms with Gasteiger partial charge in [0.25, 0.3) is 5.91 Å². The van der Waals surface area contributed by atoms with E-state index in [2.05, 4.69) is 0 Å². The first-order valence-electron chi connectivity index (χ1n) is 5.14. The predicted molar refractivity (Wildman–Crippen MR) is 60.6 cm³/mol. The maximum absolute atomic E-state index is 11.6. The molecule has 17 heavy (non-hydrogen) atoms. The number of methoxy groups -OCH3 is 1. The minimum absolute atomic E-state index is 0. The molecule has 4 nitrogen and oxygen atoms in total. The molecule has 1 N–H and O–H groups in total. The van der Waals surface area contributed by atoms with Crippen LogP contribution in [0.25, 0.3) is 0 Å². The molecule has 1 amide bonds. The van der Waals surface area contributed by atoms with Crippen LogP contribution >= 0.6 is 0 Å². The largest absolute Gasteiger partial charge is 0.497 e. The Morgan fingerprint density at radius 2 is 1.82 bits per heavy atom. The summed E-state index contributed by atoms with van der Waals surface area (Å²) in [6.45, 7) is 3.67. The Morgan fingerprint density at radius 1 is 1.29 bits per heavy atom. The van der Waals surface area contributed by atoms with Gasteiger partial charge in [0.15, 0.2) is 6.10 Å². The number of anilines is 1. The van der Waals surface area contributed by atoms with Gasteiger partial charge in [-0.25, -0.2) is 0 Å². The first-order valence-corrected chi connectivity index (χ1v) is 5.14. The van der Waals surface area contributed by atoms with Gasteiger partial charge in [-0.2, -0.15) is 0 Å². The Hall–Kier alpha value is -0.108. The fourth-order valence-corrected chi connectivity index (χ4v) is 1.96. The zero-order chi connectivity index (χ0) is 11.9. The second kappa shape index (κ2) is 5.26. The Kier molecular flexibility index (Phi) is 4.62. The Labute approximate surface area is 137 Å². The standard InChI is InChI=1S/C12H15NO3.Ac/c1-12(2)10(14)11(15)13(12)8-4-6-9(16-3)7-5-8;/h4-7,10,14H,1-3H3;/t10-;/m0./s1. The van der Waals surface area contributed by atoms with Crippen LogP contribution in [0.3, 0.4) is 0 Å². The molecule has 0 unspecified atom stereocenters. The summed E-state index contributed by atoms with van der Waals surface area (Å²) in [5.41, 5.74) is 0.243. The monoisotopic (exact) mass is 448 g/mol. The Bertz CT molecular complexity index is 416. The summed E-state index contributed by atoms with van der Waals surface area (Å²) in [6, 6.07) is 7.21. The summed E-state index contributed by atoms with van der Waals surface area (Å²) >= 11 is 0. The Morgan fingerprint density at radius 3 is 2.24 bits per heavy atom. The van der Waals surface area contributed by atoms with Gasteiger partial charge in [0.2, 0.25) is 0 Å². The first-order chi connectivity index (χ1) is 7.48. The van der Waals surface area contributed by atoms with Crippen LogP contribution in [0.5, 0.6) is 5.75 Å². The van der Waals surface area contributed by atoms with Gasteiger partial charge in [0, 0.05) is 49.7 Å². The van der Waals surface area contributed by atoms with E-state index in [1.54, 1.807) is 24.1 Å². The first kappa shape index (κ1) is 15.0. The van der Waals surface area contributed by atoms with E-state index in [0.29, 0.717) is 0 Å². The molecule has 1 heterocycles. The number of aliphatic hydroxyl groups excluding tert-OH is 1. The summed E-state index contributed by atoms with van der Waals surface area (Å²) in [5.74, 6) is 0.491. The van der Waals surface area contributed by atoms with Gasteiger partial charge < -0.3 is 14.7 Å². The van der Waals surface area contributed by atoms with Crippen molar-refractivity contribution in [2.45, 2.75) is 25.5 Å². The summed E-state index contributed by atoms with van der Waals surface area (Å²) in [4.78, 5) is 13.2. The molecular formula is C12H15AcNO3. The van der Waals surface area contributed by atoms with Crippen LogP contribution in [0.2, 0.25) is 0 Å². The third-order valence-electron chi connectivity index (χ3n) is 3.03. The van der Waals surface area contributed by atoms with Gasteiger partial charge in [-0.05, 0) is 38.1 Å². The molecule has 1 aromatic rings. The van der Waals surface area contributed by atoms with Gasteiger partial charge in [0.1, 0.15) is 5.75 Å². The minimum atomic E-state index is -0.908. The van der Waals surface area contributed by atoms with Crippen molar-refractivity contribution >= 4 is 11.6 Å². The van der Waals surface area contributed by atoms with Crippen molar-refractivity contribution in [3.8, 4) is 5.75 Å². The van der Waals surface area contributed by atoms with Crippen molar-refractivity contribution in [2.75, 3.05) is 12.0 Å². The molecule has 89 valence electrons. The quantitative estimate of drug-likeness (QED) is 0.692. The molecule has 0 aliphatic carbocycles. The second-order valence-electron chi connectivity index (χ2n) is 4.43. The van der Waals surface area contributed by atoms with Gasteiger partial charge in [-0.3, -0.25) is 4.79 Å². The molecule has 1 fully saturated rings. The van der Waals surface area contributed by atoms with E-state index < -0.39 is 11.6 Å². The SMILES string of the molecule is COc1ccc(N2C(=O)[C@H](O)C2(C)C)cc1.[Ac]. The van der Waals surface area contributed by atoms with Crippen LogP contribution < -0.4 is 9.64 Å². The molecule has 1 aromatic carbocycles. The average molecular weight is 448 g/mol. The van der Waals surface area contributed by atoms with E-state index in [0.717, 1.165) is 11.4 Å². The number of hydrogen-bond donors (Lipinski definition) is 1. The van der Waals surface area contributed by atoms with Gasteiger partial charge in [-0.15, -0.1) is 0 Å². The molecule has 5 heteroatoms. The minimum Gasteiger partial charge on any atom is -0.497 e. The molecule has 1 aliphatic heterocycles. The number of carbonyl (C=O) groups is 1. The zero-order valence-corrected chi connectivity index (χ0v) is 14.9. The van der Waals surface area contributed by atoms with E-state index in [9.17, 15) is 9.90 Å². The number of carbonyl (C=O) groups excluding carboxylic acids is 1. The average Bonchev–Trinajstić information content (AvgIpc) is 2.29. The van der Waals surface area contributed by atoms with E-state index in [4.69, 9.17) is 4.74 Å². The number of rotatable bonds is 2. The van der Waals surface area contributed by atoms with E-state index in [1.807, 2.05) is 26.0 Å². The molecule has 1 aliphatic rings. The van der Waals surface area contributed by atoms with Crippen molar-refractivity contribution in [2.24, 2.45) is 0 Å². The zero-order valence-electron chi connectivity index (χ0n) is 10.2. The van der Waals surface area contributed by atoms with Crippen molar-refractivity contribution in [3.63, 3.8) is 0 Å². The van der Waals surface area contributed by atoms with E-state index in [1.165, 1.54) is 0 Å². The summed E-state index contributed by atoms with van der Waals surface area (Å²) in [6.07, 6.45) is -0.908. The number of aliphatic hydroxyl groups is 1. The molecule has 0 aromatic heterocycles. The number of ether oxygens (including phenoxy) is 1. The molecule has 1 radical (unpaired) electrons. The third kappa shape index (κ3) is 2.38. The molecule has 0 spiro atoms. The normalized spacial score (nSPS) is 21.5. The number of hydrogen-bond acceptors (Lipinski definition) is 3. The van der Waals surface area contributed by atoms with Crippen LogP contribution in [0.4, 0.5) is 5.69 Å². The Balaban J connectivity index is 0.00000144. The van der Waals surface area contributed by atoms with Gasteiger partial charge >= 0.3 is 0 Å². The van der Waals surface area contributed by atoms with Crippen LogP contribution in [0.1, 0.15) is 13.8 Å². The molecule has 1 saturated heterocycles. The van der Waals surface area contributed by atoms with Crippen molar-refractivity contribution in [3.05, 3.63) is 24.3 Å². The summed E-state index contributed by atoms with van der Waals surface area (Å²) in [7, 11) is 1.59. The van der Waals surface area contributed by atoms with Crippen molar-refractivity contribution in [1.29, 1.82) is 0 Å². The maximum atomic E-state index is 11.6. The fraction of sp³-hybridized carbons (Fsp3) is 0.417. The summed E-state index contributed by atoms with van der Waals surface area (Å²) in [5, 5.41) is 9.56.